The minimum Gasteiger partial charge on any atom is -0.468 e. The van der Waals surface area contributed by atoms with E-state index in [9.17, 15) is 14.7 Å². The number of aliphatic hydroxyl groups excluding tert-OH is 1. The first-order valence-electron chi connectivity index (χ1n) is 8.75. The van der Waals surface area contributed by atoms with E-state index in [-0.39, 0.29) is 16.2 Å². The number of esters is 1. The van der Waals surface area contributed by atoms with Gasteiger partial charge in [0.1, 0.15) is 11.7 Å². The van der Waals surface area contributed by atoms with E-state index in [2.05, 4.69) is 33.7 Å². The van der Waals surface area contributed by atoms with Gasteiger partial charge in [-0.05, 0) is 66.7 Å². The van der Waals surface area contributed by atoms with Crippen molar-refractivity contribution in [2.75, 3.05) is 7.11 Å². The van der Waals surface area contributed by atoms with Gasteiger partial charge in [-0.25, -0.2) is 0 Å². The summed E-state index contributed by atoms with van der Waals surface area (Å²) in [6.07, 6.45) is 7.54. The van der Waals surface area contributed by atoms with Gasteiger partial charge in [-0.1, -0.05) is 39.2 Å². The summed E-state index contributed by atoms with van der Waals surface area (Å²) in [5, 5.41) is 10.0. The van der Waals surface area contributed by atoms with Gasteiger partial charge in [-0.2, -0.15) is 0 Å². The van der Waals surface area contributed by atoms with Crippen LogP contribution in [0.5, 0.6) is 0 Å². The van der Waals surface area contributed by atoms with E-state index < -0.39 is 11.9 Å². The lowest BCUT2D eigenvalue weighted by Gasteiger charge is -2.23. The van der Waals surface area contributed by atoms with Gasteiger partial charge in [0.2, 0.25) is 0 Å². The number of rotatable bonds is 11. The number of carbonyl (C=O) groups is 2. The third-order valence-corrected chi connectivity index (χ3v) is 4.84. The highest BCUT2D eigenvalue weighted by molar-refractivity contribution is 9.10. The van der Waals surface area contributed by atoms with Crippen LogP contribution in [-0.2, 0) is 14.3 Å². The summed E-state index contributed by atoms with van der Waals surface area (Å²) in [4.78, 5) is 23.1. The fourth-order valence-electron chi connectivity index (χ4n) is 2.35. The maximum Gasteiger partial charge on any atom is 0.316 e. The first-order valence-corrected chi connectivity index (χ1v) is 9.54. The summed E-state index contributed by atoms with van der Waals surface area (Å²) in [5.74, 6) is -1.34. The molecule has 1 N–H and O–H groups in total. The third kappa shape index (κ3) is 10.6. The zero-order valence-corrected chi connectivity index (χ0v) is 18.0. The molecule has 0 saturated carbocycles. The number of allylic oxidation sites excluding steroid dienone is 4. The van der Waals surface area contributed by atoms with Crippen molar-refractivity contribution in [3.8, 4) is 0 Å². The van der Waals surface area contributed by atoms with Crippen LogP contribution in [0.25, 0.3) is 0 Å². The lowest BCUT2D eigenvalue weighted by molar-refractivity contribution is -0.148. The van der Waals surface area contributed by atoms with Crippen LogP contribution >= 0.6 is 15.9 Å². The molecule has 0 saturated heterocycles. The zero-order valence-electron chi connectivity index (χ0n) is 16.4. The van der Waals surface area contributed by atoms with Crippen molar-refractivity contribution in [1.29, 1.82) is 0 Å². The Labute approximate surface area is 160 Å². The Morgan fingerprint density at radius 2 is 1.68 bits per heavy atom. The van der Waals surface area contributed by atoms with Crippen LogP contribution < -0.4 is 0 Å². The van der Waals surface area contributed by atoms with Crippen molar-refractivity contribution in [2.45, 2.75) is 77.2 Å². The van der Waals surface area contributed by atoms with E-state index in [1.54, 1.807) is 0 Å². The molecule has 0 amide bonds. The monoisotopic (exact) mass is 416 g/mol. The maximum atomic E-state index is 11.6. The summed E-state index contributed by atoms with van der Waals surface area (Å²) in [5.41, 5.74) is 2.42. The van der Waals surface area contributed by atoms with Crippen molar-refractivity contribution >= 4 is 27.7 Å². The molecule has 0 aromatic rings. The van der Waals surface area contributed by atoms with Gasteiger partial charge in [-0.3, -0.25) is 9.59 Å². The van der Waals surface area contributed by atoms with E-state index in [4.69, 9.17) is 0 Å². The van der Waals surface area contributed by atoms with Crippen molar-refractivity contribution in [3.63, 3.8) is 0 Å². The van der Waals surface area contributed by atoms with Crippen LogP contribution in [0.2, 0.25) is 0 Å². The molecule has 0 rings (SSSR count). The Balaban J connectivity index is 4.37. The quantitative estimate of drug-likeness (QED) is 0.228. The standard InChI is InChI=1S/C20H33BrO4/c1-14(10-12-17(16(3)22)19(24)25-6)8-7-9-15(2)11-13-18(23)20(4,5)21/h9-10,17-18,23H,7-8,11-13H2,1-6H3/b14-10+,15-9+. The Morgan fingerprint density at radius 3 is 2.16 bits per heavy atom. The molecule has 0 heterocycles. The van der Waals surface area contributed by atoms with Crippen molar-refractivity contribution in [2.24, 2.45) is 5.92 Å². The Hall–Kier alpha value is -0.940. The SMILES string of the molecule is COC(=O)C(C/C=C(\C)CC/C=C(\C)CCC(O)C(C)(C)Br)C(C)=O. The molecular formula is C20H33BrO4. The number of halogens is 1. The molecule has 5 heteroatoms. The molecule has 0 bridgehead atoms. The number of carbonyl (C=O) groups excluding carboxylic acids is 2. The smallest absolute Gasteiger partial charge is 0.316 e. The molecule has 25 heavy (non-hydrogen) atoms. The van der Waals surface area contributed by atoms with Crippen molar-refractivity contribution in [3.05, 3.63) is 23.3 Å². The lowest BCUT2D eigenvalue weighted by atomic mass is 9.97. The second kappa shape index (κ2) is 11.6. The molecule has 2 atom stereocenters. The molecule has 0 aliphatic heterocycles. The first-order chi connectivity index (χ1) is 11.5. The Bertz CT molecular complexity index is 500. The first kappa shape index (κ1) is 24.1. The van der Waals surface area contributed by atoms with E-state index in [0.717, 1.165) is 31.3 Å². The number of Topliss-reactive ketones (excluding diaryl/α,β-unsaturated/α-hetero) is 1. The number of alkyl halides is 1. The van der Waals surface area contributed by atoms with Crippen molar-refractivity contribution < 1.29 is 19.4 Å². The molecule has 0 aromatic heterocycles. The molecule has 144 valence electrons. The third-order valence-electron chi connectivity index (χ3n) is 4.31. The van der Waals surface area contributed by atoms with Crippen LogP contribution in [0.1, 0.15) is 66.7 Å². The van der Waals surface area contributed by atoms with Gasteiger partial charge in [0.15, 0.2) is 0 Å². The van der Waals surface area contributed by atoms with Gasteiger partial charge >= 0.3 is 5.97 Å². The van der Waals surface area contributed by atoms with Gasteiger partial charge < -0.3 is 9.84 Å². The van der Waals surface area contributed by atoms with E-state index in [0.29, 0.717) is 6.42 Å². The number of ether oxygens (including phenoxy) is 1. The Morgan fingerprint density at radius 1 is 1.12 bits per heavy atom. The number of hydrogen-bond donors (Lipinski definition) is 1. The number of hydrogen-bond acceptors (Lipinski definition) is 4. The largest absolute Gasteiger partial charge is 0.468 e. The second-order valence-corrected chi connectivity index (χ2v) is 9.22. The summed E-state index contributed by atoms with van der Waals surface area (Å²) in [6, 6.07) is 0. The lowest BCUT2D eigenvalue weighted by Crippen LogP contribution is -2.29. The summed E-state index contributed by atoms with van der Waals surface area (Å²) >= 11 is 3.49. The van der Waals surface area contributed by atoms with E-state index in [1.165, 1.54) is 19.6 Å². The average molecular weight is 417 g/mol. The number of aliphatic hydroxyl groups is 1. The van der Waals surface area contributed by atoms with E-state index in [1.807, 2.05) is 26.8 Å². The van der Waals surface area contributed by atoms with Gasteiger partial charge in [-0.15, -0.1) is 0 Å². The number of methoxy groups -OCH3 is 1. The highest BCUT2D eigenvalue weighted by atomic mass is 79.9. The molecule has 0 spiro atoms. The van der Waals surface area contributed by atoms with Crippen LogP contribution in [-0.4, -0.2) is 34.4 Å². The van der Waals surface area contributed by atoms with Gasteiger partial charge in [0, 0.05) is 4.32 Å². The Kier molecular flexibility index (Phi) is 11.2. The van der Waals surface area contributed by atoms with Crippen LogP contribution in [0.15, 0.2) is 23.3 Å². The van der Waals surface area contributed by atoms with Crippen LogP contribution in [0, 0.1) is 5.92 Å². The molecule has 0 aliphatic carbocycles. The van der Waals surface area contributed by atoms with Crippen LogP contribution in [0.4, 0.5) is 0 Å². The summed E-state index contributed by atoms with van der Waals surface area (Å²) < 4.78 is 4.40. The maximum absolute atomic E-state index is 11.6. The van der Waals surface area contributed by atoms with Gasteiger partial charge in [0.05, 0.1) is 13.2 Å². The number of ketones is 1. The van der Waals surface area contributed by atoms with Crippen molar-refractivity contribution in [1.82, 2.24) is 0 Å². The molecular weight excluding hydrogens is 384 g/mol. The highest BCUT2D eigenvalue weighted by Crippen LogP contribution is 2.25. The minimum absolute atomic E-state index is 0.167. The highest BCUT2D eigenvalue weighted by Gasteiger charge is 2.24. The molecule has 0 radical (unpaired) electrons. The summed E-state index contributed by atoms with van der Waals surface area (Å²) in [7, 11) is 1.30. The summed E-state index contributed by atoms with van der Waals surface area (Å²) in [6.45, 7) is 9.44. The zero-order chi connectivity index (χ0) is 19.6. The van der Waals surface area contributed by atoms with Crippen LogP contribution in [0.3, 0.4) is 0 Å². The van der Waals surface area contributed by atoms with Gasteiger partial charge in [0.25, 0.3) is 0 Å². The second-order valence-electron chi connectivity index (χ2n) is 7.18. The molecule has 0 aliphatic rings. The molecule has 0 fully saturated rings. The normalized spacial score (nSPS) is 15.7. The molecule has 0 aromatic carbocycles. The van der Waals surface area contributed by atoms with E-state index >= 15 is 0 Å². The topological polar surface area (TPSA) is 63.6 Å². The minimum atomic E-state index is -0.702. The fraction of sp³-hybridized carbons (Fsp3) is 0.700. The fourth-order valence-corrected chi connectivity index (χ4v) is 2.58. The predicted octanol–water partition coefficient (Wildman–Crippen LogP) is 4.74. The molecule has 2 unspecified atom stereocenters. The average Bonchev–Trinajstić information content (AvgIpc) is 2.51. The molecule has 4 nitrogen and oxygen atoms in total. The predicted molar refractivity (Wildman–Crippen MR) is 106 cm³/mol.